The summed E-state index contributed by atoms with van der Waals surface area (Å²) in [5.41, 5.74) is -0.928. The van der Waals surface area contributed by atoms with Crippen LogP contribution in [0.5, 0.6) is 0 Å². The van der Waals surface area contributed by atoms with Gasteiger partial charge < -0.3 is 10.2 Å². The van der Waals surface area contributed by atoms with Crippen LogP contribution >= 0.6 is 11.3 Å². The second-order valence-corrected chi connectivity index (χ2v) is 19.8. The van der Waals surface area contributed by atoms with E-state index in [1.807, 2.05) is 30.3 Å². The van der Waals surface area contributed by atoms with Crippen LogP contribution in [-0.2, 0) is 21.4 Å². The van der Waals surface area contributed by atoms with Crippen molar-refractivity contribution in [3.8, 4) is 0 Å². The van der Waals surface area contributed by atoms with E-state index in [-0.39, 0.29) is 47.8 Å². The number of thiophene rings is 1. The number of sulfonamides is 1. The van der Waals surface area contributed by atoms with Crippen molar-refractivity contribution < 1.29 is 23.4 Å². The van der Waals surface area contributed by atoms with Crippen molar-refractivity contribution in [2.75, 3.05) is 6.54 Å². The van der Waals surface area contributed by atoms with Gasteiger partial charge in [-0.3, -0.25) is 4.79 Å². The molecule has 6 nitrogen and oxygen atoms in total. The molecule has 1 unspecified atom stereocenters. The highest BCUT2D eigenvalue weighted by Crippen LogP contribution is 2.78. The normalized spacial score (nSPS) is 40.7. The molecule has 7 aliphatic rings. The summed E-state index contributed by atoms with van der Waals surface area (Å²) in [5, 5.41) is 25.8. The van der Waals surface area contributed by atoms with E-state index in [0.29, 0.717) is 22.8 Å². The Morgan fingerprint density at radius 2 is 1.60 bits per heavy atom. The third-order valence-corrected chi connectivity index (χ3v) is 17.8. The molecule has 258 valence electrons. The van der Waals surface area contributed by atoms with Gasteiger partial charge >= 0.3 is 0 Å². The molecule has 48 heavy (non-hydrogen) atoms. The first-order chi connectivity index (χ1) is 22.9. The van der Waals surface area contributed by atoms with Gasteiger partial charge in [0.05, 0.1) is 11.7 Å². The van der Waals surface area contributed by atoms with Gasteiger partial charge in [0.2, 0.25) is 0 Å². The Morgan fingerprint density at radius 1 is 0.896 bits per heavy atom. The van der Waals surface area contributed by atoms with Gasteiger partial charge in [-0.2, -0.15) is 4.31 Å². The van der Waals surface area contributed by atoms with Crippen LogP contribution in [0, 0.1) is 39.4 Å². The van der Waals surface area contributed by atoms with E-state index in [4.69, 9.17) is 0 Å². The second kappa shape index (κ2) is 11.5. The van der Waals surface area contributed by atoms with Crippen molar-refractivity contribution in [3.05, 3.63) is 77.2 Å². The number of benzene rings is 1. The Morgan fingerprint density at radius 3 is 2.33 bits per heavy atom. The Kier molecular flexibility index (Phi) is 7.89. The number of aliphatic hydroxyl groups is 2. The van der Waals surface area contributed by atoms with Crippen molar-refractivity contribution in [3.63, 3.8) is 0 Å². The molecule has 8 atom stereocenters. The zero-order valence-corrected chi connectivity index (χ0v) is 30.1. The lowest BCUT2D eigenvalue weighted by molar-refractivity contribution is -0.177. The fourth-order valence-electron chi connectivity index (χ4n) is 12.0. The summed E-state index contributed by atoms with van der Waals surface area (Å²) >= 11 is 1.21. The minimum Gasteiger partial charge on any atom is -0.393 e. The van der Waals surface area contributed by atoms with Gasteiger partial charge in [-0.1, -0.05) is 87.7 Å². The highest BCUT2D eigenvalue weighted by molar-refractivity contribution is 7.91. The maximum absolute atomic E-state index is 14.8. The topological polar surface area (TPSA) is 94.9 Å². The lowest BCUT2D eigenvalue weighted by atomic mass is 9.32. The van der Waals surface area contributed by atoms with Gasteiger partial charge in [0, 0.05) is 40.8 Å². The van der Waals surface area contributed by atoms with Crippen LogP contribution in [-0.4, -0.2) is 47.0 Å². The maximum Gasteiger partial charge on any atom is 0.252 e. The fraction of sp³-hybridized carbons (Fsp3) is 0.625. The van der Waals surface area contributed by atoms with Crippen LogP contribution in [0.4, 0.5) is 0 Å². The zero-order valence-electron chi connectivity index (χ0n) is 28.4. The van der Waals surface area contributed by atoms with Crippen molar-refractivity contribution >= 4 is 27.1 Å². The number of Topliss-reactive ketones (excluding diaryl/α,β-unsaturated/α-hetero) is 1. The number of fused-ring (bicyclic) bond motifs is 1. The lowest BCUT2D eigenvalue weighted by Gasteiger charge is -2.71. The Balaban J connectivity index is 1.21. The summed E-state index contributed by atoms with van der Waals surface area (Å²) in [6.45, 7) is 4.82. The fourth-order valence-corrected chi connectivity index (χ4v) is 14.7. The molecule has 0 amide bonds. The first kappa shape index (κ1) is 33.1. The summed E-state index contributed by atoms with van der Waals surface area (Å²) in [6.07, 6.45) is 17.2. The van der Waals surface area contributed by atoms with E-state index < -0.39 is 26.5 Å². The van der Waals surface area contributed by atoms with Crippen molar-refractivity contribution in [1.29, 1.82) is 0 Å². The molecule has 0 aliphatic heterocycles. The van der Waals surface area contributed by atoms with E-state index in [9.17, 15) is 23.4 Å². The van der Waals surface area contributed by atoms with Gasteiger partial charge in [0.1, 0.15) is 4.21 Å². The number of rotatable bonds is 8. The molecule has 0 saturated heterocycles. The molecule has 2 N–H and O–H groups in total. The van der Waals surface area contributed by atoms with E-state index in [1.54, 1.807) is 17.5 Å². The Labute approximate surface area is 290 Å². The van der Waals surface area contributed by atoms with Crippen molar-refractivity contribution in [2.24, 2.45) is 39.4 Å². The predicted molar refractivity (Wildman–Crippen MR) is 188 cm³/mol. The highest BCUT2D eigenvalue weighted by Gasteiger charge is 2.74. The Hall–Kier alpha value is -2.10. The standard InChI is InChI=1S/C40H51NO5S2/c1-36-18-15-30(42)24-38(36)21-22-40(31(25-38)35(43)29-12-7-4-8-13-29)32(36)16-19-37(2)33(40)17-20-39(37,44)27-41(26-28-10-5-3-6-11-28)48(45,46)34-14-9-23-47-34/h3,5-6,9-11,14,21-23,25,29-30,32-33,42,44H,4,7-8,12-13,15-20,24,26-27H2,1-2H3/t30?,32-,33-,36-,37+,38+,39-,40-/m1/s1. The molecule has 2 bridgehead atoms. The summed E-state index contributed by atoms with van der Waals surface area (Å²) in [7, 11) is -3.86. The number of hydrogen-bond donors (Lipinski definition) is 2. The molecular weight excluding hydrogens is 639 g/mol. The van der Waals surface area contributed by atoms with Gasteiger partial charge in [-0.05, 0) is 92.0 Å². The average molecular weight is 690 g/mol. The van der Waals surface area contributed by atoms with Crippen molar-refractivity contribution in [2.45, 2.75) is 113 Å². The van der Waals surface area contributed by atoms with Crippen LogP contribution < -0.4 is 0 Å². The smallest absolute Gasteiger partial charge is 0.252 e. The molecule has 2 spiro atoms. The van der Waals surface area contributed by atoms with Crippen LogP contribution in [0.25, 0.3) is 0 Å². The van der Waals surface area contributed by atoms with Gasteiger partial charge in [0.15, 0.2) is 5.78 Å². The predicted octanol–water partition coefficient (Wildman–Crippen LogP) is 7.68. The molecule has 4 saturated carbocycles. The number of carbonyl (C=O) groups is 1. The van der Waals surface area contributed by atoms with Gasteiger partial charge in [-0.15, -0.1) is 11.3 Å². The van der Waals surface area contributed by atoms with E-state index in [2.05, 4.69) is 32.1 Å². The van der Waals surface area contributed by atoms with E-state index in [0.717, 1.165) is 68.9 Å². The molecule has 1 heterocycles. The molecular formula is C40H51NO5S2. The monoisotopic (exact) mass is 689 g/mol. The van der Waals surface area contributed by atoms with Gasteiger partial charge in [-0.25, -0.2) is 8.42 Å². The molecule has 8 heteroatoms. The second-order valence-electron chi connectivity index (χ2n) is 16.7. The number of carbonyl (C=O) groups excluding carboxylic acids is 1. The first-order valence-corrected chi connectivity index (χ1v) is 20.7. The van der Waals surface area contributed by atoms with Crippen LogP contribution in [0.2, 0.25) is 0 Å². The van der Waals surface area contributed by atoms with Crippen molar-refractivity contribution in [1.82, 2.24) is 4.31 Å². The maximum atomic E-state index is 14.8. The highest BCUT2D eigenvalue weighted by atomic mass is 32.2. The SMILES string of the molecule is C[C@]12CC[C@H]3[C@]4(C=C[C@@]5(C=C4C(=O)C4CCCCC4)CC(O)CC[C@]35C)[C@@H]1CC[C@@]2(O)CN(Cc1ccccc1)S(=O)(=O)c1cccs1. The molecule has 9 rings (SSSR count). The largest absolute Gasteiger partial charge is 0.393 e. The zero-order chi connectivity index (χ0) is 33.6. The number of ketones is 1. The summed E-state index contributed by atoms with van der Waals surface area (Å²) in [4.78, 5) is 14.8. The number of nitrogens with zero attached hydrogens (tertiary/aromatic N) is 1. The van der Waals surface area contributed by atoms with E-state index >= 15 is 0 Å². The molecule has 7 aliphatic carbocycles. The Bertz CT molecular complexity index is 1730. The molecule has 2 aromatic rings. The molecule has 0 radical (unpaired) electrons. The minimum absolute atomic E-state index is 0.00813. The first-order valence-electron chi connectivity index (χ1n) is 18.3. The van der Waals surface area contributed by atoms with Crippen LogP contribution in [0.15, 0.2) is 75.9 Å². The molecule has 1 aromatic carbocycles. The summed E-state index contributed by atoms with van der Waals surface area (Å²) in [5.74, 6) is 0.588. The number of allylic oxidation sites excluding steroid dienone is 4. The van der Waals surface area contributed by atoms with Crippen LogP contribution in [0.3, 0.4) is 0 Å². The summed E-state index contributed by atoms with van der Waals surface area (Å²) < 4.78 is 30.3. The number of aliphatic hydroxyl groups excluding tert-OH is 1. The summed E-state index contributed by atoms with van der Waals surface area (Å²) in [6, 6.07) is 13.1. The van der Waals surface area contributed by atoms with E-state index in [1.165, 1.54) is 22.1 Å². The molecule has 4 fully saturated rings. The quantitative estimate of drug-likeness (QED) is 0.278. The average Bonchev–Trinajstić information content (AvgIpc) is 3.72. The molecule has 1 aromatic heterocycles. The lowest BCUT2D eigenvalue weighted by Crippen LogP contribution is -2.67. The van der Waals surface area contributed by atoms with Crippen LogP contribution in [0.1, 0.15) is 96.5 Å². The minimum atomic E-state index is -3.86. The number of hydrogen-bond acceptors (Lipinski definition) is 6. The van der Waals surface area contributed by atoms with Gasteiger partial charge in [0.25, 0.3) is 10.0 Å². The third-order valence-electron chi connectivity index (χ3n) is 14.7. The third kappa shape index (κ3) is 4.57.